The van der Waals surface area contributed by atoms with E-state index >= 15 is 0 Å². The third-order valence-electron chi connectivity index (χ3n) is 3.77. The van der Waals surface area contributed by atoms with Crippen LogP contribution in [0.5, 0.6) is 17.2 Å². The molecule has 7 heteroatoms. The van der Waals surface area contributed by atoms with Gasteiger partial charge in [-0.05, 0) is 41.5 Å². The highest BCUT2D eigenvalue weighted by atomic mass is 19.3. The van der Waals surface area contributed by atoms with Crippen LogP contribution in [0.1, 0.15) is 11.1 Å². The van der Waals surface area contributed by atoms with Gasteiger partial charge >= 0.3 is 6.61 Å². The van der Waals surface area contributed by atoms with Gasteiger partial charge in [0.05, 0.1) is 14.2 Å². The molecule has 2 rings (SSSR count). The van der Waals surface area contributed by atoms with E-state index in [0.29, 0.717) is 18.0 Å². The molecule has 0 atom stereocenters. The van der Waals surface area contributed by atoms with Crippen LogP contribution in [0, 0.1) is 0 Å². The summed E-state index contributed by atoms with van der Waals surface area (Å²) in [6.45, 7) is -2.52. The van der Waals surface area contributed by atoms with Crippen LogP contribution < -0.4 is 14.2 Å². The van der Waals surface area contributed by atoms with Crippen molar-refractivity contribution in [1.82, 2.24) is 4.90 Å². The number of nitrogens with zero attached hydrogens (tertiary/aromatic N) is 1. The van der Waals surface area contributed by atoms with Crippen molar-refractivity contribution in [2.75, 3.05) is 21.3 Å². The molecule has 5 nitrogen and oxygen atoms in total. The fraction of sp³-hybridized carbons (Fsp3) is 0.250. The maximum absolute atomic E-state index is 12.3. The predicted octanol–water partition coefficient (Wildman–Crippen LogP) is 3.98. The maximum Gasteiger partial charge on any atom is 0.387 e. The van der Waals surface area contributed by atoms with Gasteiger partial charge in [0.15, 0.2) is 11.5 Å². The first-order chi connectivity index (χ1) is 12.9. The number of benzene rings is 2. The van der Waals surface area contributed by atoms with Crippen LogP contribution in [0.25, 0.3) is 6.08 Å². The highest BCUT2D eigenvalue weighted by molar-refractivity contribution is 5.91. The zero-order valence-electron chi connectivity index (χ0n) is 15.3. The molecule has 0 aliphatic carbocycles. The number of likely N-dealkylation sites (N-methyl/N-ethyl adjacent to an activating group) is 1. The number of rotatable bonds is 8. The van der Waals surface area contributed by atoms with Gasteiger partial charge < -0.3 is 19.1 Å². The number of hydrogen-bond donors (Lipinski definition) is 0. The molecule has 0 unspecified atom stereocenters. The molecule has 0 radical (unpaired) electrons. The van der Waals surface area contributed by atoms with Crippen molar-refractivity contribution in [2.45, 2.75) is 13.2 Å². The van der Waals surface area contributed by atoms with Gasteiger partial charge in [-0.15, -0.1) is 0 Å². The zero-order valence-corrected chi connectivity index (χ0v) is 15.3. The summed E-state index contributed by atoms with van der Waals surface area (Å²) >= 11 is 0. The van der Waals surface area contributed by atoms with E-state index < -0.39 is 6.61 Å². The Morgan fingerprint density at radius 3 is 2.33 bits per heavy atom. The zero-order chi connectivity index (χ0) is 19.8. The number of ether oxygens (including phenoxy) is 3. The third-order valence-corrected chi connectivity index (χ3v) is 3.77. The van der Waals surface area contributed by atoms with Crippen LogP contribution in [0.3, 0.4) is 0 Å². The quantitative estimate of drug-likeness (QED) is 0.653. The summed E-state index contributed by atoms with van der Waals surface area (Å²) in [5.74, 6) is 1.07. The lowest BCUT2D eigenvalue weighted by molar-refractivity contribution is -0.125. The first kappa shape index (κ1) is 20.2. The standard InChI is InChI=1S/C20H21F2NO4/c1-23(13-15-4-8-16(9-5-15)27-20(21)22)19(24)11-7-14-6-10-17(25-2)18(12-14)26-3/h4-12,20H,13H2,1-3H3. The molecule has 0 aliphatic rings. The van der Waals surface area contributed by atoms with Crippen molar-refractivity contribution < 1.29 is 27.8 Å². The van der Waals surface area contributed by atoms with Crippen molar-refractivity contribution in [3.05, 3.63) is 59.7 Å². The van der Waals surface area contributed by atoms with E-state index in [0.717, 1.165) is 11.1 Å². The molecule has 27 heavy (non-hydrogen) atoms. The van der Waals surface area contributed by atoms with E-state index in [4.69, 9.17) is 9.47 Å². The Morgan fingerprint density at radius 2 is 1.74 bits per heavy atom. The minimum absolute atomic E-state index is 0.0797. The van der Waals surface area contributed by atoms with Gasteiger partial charge in [0.1, 0.15) is 5.75 Å². The lowest BCUT2D eigenvalue weighted by Crippen LogP contribution is -2.24. The summed E-state index contributed by atoms with van der Waals surface area (Å²) < 4.78 is 39.0. The maximum atomic E-state index is 12.3. The minimum atomic E-state index is -2.86. The second kappa shape index (κ2) is 9.56. The van der Waals surface area contributed by atoms with Gasteiger partial charge in [0.2, 0.25) is 5.91 Å². The van der Waals surface area contributed by atoms with Crippen LogP contribution >= 0.6 is 0 Å². The summed E-state index contributed by atoms with van der Waals surface area (Å²) in [7, 11) is 4.75. The minimum Gasteiger partial charge on any atom is -0.493 e. The molecule has 144 valence electrons. The molecule has 0 spiro atoms. The molecule has 0 fully saturated rings. The van der Waals surface area contributed by atoms with Crippen molar-refractivity contribution in [1.29, 1.82) is 0 Å². The summed E-state index contributed by atoms with van der Waals surface area (Å²) in [6, 6.07) is 11.5. The Labute approximate surface area is 156 Å². The number of carbonyl (C=O) groups excluding carboxylic acids is 1. The summed E-state index contributed by atoms with van der Waals surface area (Å²) in [5, 5.41) is 0. The molecule has 1 amide bonds. The van der Waals surface area contributed by atoms with Crippen LogP contribution in [0.2, 0.25) is 0 Å². The largest absolute Gasteiger partial charge is 0.493 e. The van der Waals surface area contributed by atoms with Crippen molar-refractivity contribution in [3.8, 4) is 17.2 Å². The molecule has 0 saturated carbocycles. The topological polar surface area (TPSA) is 48.0 Å². The van der Waals surface area contributed by atoms with Crippen molar-refractivity contribution in [2.24, 2.45) is 0 Å². The summed E-state index contributed by atoms with van der Waals surface area (Å²) in [6.07, 6.45) is 3.13. The number of methoxy groups -OCH3 is 2. The van der Waals surface area contributed by atoms with Gasteiger partial charge in [-0.2, -0.15) is 8.78 Å². The molecule has 0 N–H and O–H groups in total. The van der Waals surface area contributed by atoms with Crippen LogP contribution in [-0.4, -0.2) is 38.7 Å². The molecule has 0 heterocycles. The Hall–Kier alpha value is -3.09. The Balaban J connectivity index is 1.97. The number of hydrogen-bond acceptors (Lipinski definition) is 4. The van der Waals surface area contributed by atoms with Crippen molar-refractivity contribution >= 4 is 12.0 Å². The molecule has 0 bridgehead atoms. The summed E-state index contributed by atoms with van der Waals surface area (Å²) in [5.41, 5.74) is 1.59. The van der Waals surface area contributed by atoms with E-state index in [1.54, 1.807) is 51.6 Å². The molecular weight excluding hydrogens is 356 g/mol. The second-order valence-electron chi connectivity index (χ2n) is 5.66. The van der Waals surface area contributed by atoms with Crippen LogP contribution in [0.4, 0.5) is 8.78 Å². The number of amides is 1. The SMILES string of the molecule is COc1ccc(C=CC(=O)N(C)Cc2ccc(OC(F)F)cc2)cc1OC. The lowest BCUT2D eigenvalue weighted by atomic mass is 10.1. The third kappa shape index (κ3) is 5.99. The second-order valence-corrected chi connectivity index (χ2v) is 5.66. The normalized spacial score (nSPS) is 10.9. The highest BCUT2D eigenvalue weighted by Crippen LogP contribution is 2.28. The fourth-order valence-electron chi connectivity index (χ4n) is 2.38. The first-order valence-electron chi connectivity index (χ1n) is 8.12. The van der Waals surface area contributed by atoms with Gasteiger partial charge in [-0.1, -0.05) is 18.2 Å². The molecule has 2 aromatic carbocycles. The first-order valence-corrected chi connectivity index (χ1v) is 8.12. The molecular formula is C20H21F2NO4. The Bertz CT molecular complexity index is 791. The van der Waals surface area contributed by atoms with Gasteiger partial charge in [-0.25, -0.2) is 0 Å². The van der Waals surface area contributed by atoms with Crippen LogP contribution in [-0.2, 0) is 11.3 Å². The van der Waals surface area contributed by atoms with Gasteiger partial charge in [0.25, 0.3) is 0 Å². The van der Waals surface area contributed by atoms with E-state index in [1.165, 1.54) is 23.1 Å². The number of alkyl halides is 2. The smallest absolute Gasteiger partial charge is 0.387 e. The number of halogens is 2. The Kier molecular flexibility index (Phi) is 7.16. The van der Waals surface area contributed by atoms with E-state index in [1.807, 2.05) is 6.07 Å². The van der Waals surface area contributed by atoms with E-state index in [2.05, 4.69) is 4.74 Å². The molecule has 0 aliphatic heterocycles. The summed E-state index contributed by atoms with van der Waals surface area (Å²) in [4.78, 5) is 13.8. The Morgan fingerprint density at radius 1 is 1.07 bits per heavy atom. The average Bonchev–Trinajstić information content (AvgIpc) is 2.66. The predicted molar refractivity (Wildman–Crippen MR) is 98.1 cm³/mol. The van der Waals surface area contributed by atoms with Crippen molar-refractivity contribution in [3.63, 3.8) is 0 Å². The van der Waals surface area contributed by atoms with Crippen LogP contribution in [0.15, 0.2) is 48.5 Å². The average molecular weight is 377 g/mol. The lowest BCUT2D eigenvalue weighted by Gasteiger charge is -2.15. The molecule has 0 aromatic heterocycles. The molecule has 2 aromatic rings. The highest BCUT2D eigenvalue weighted by Gasteiger charge is 2.08. The van der Waals surface area contributed by atoms with E-state index in [-0.39, 0.29) is 11.7 Å². The van der Waals surface area contributed by atoms with E-state index in [9.17, 15) is 13.6 Å². The number of carbonyl (C=O) groups is 1. The van der Waals surface area contributed by atoms with Gasteiger partial charge in [0, 0.05) is 19.7 Å². The monoisotopic (exact) mass is 377 g/mol. The molecule has 0 saturated heterocycles. The fourth-order valence-corrected chi connectivity index (χ4v) is 2.38. The van der Waals surface area contributed by atoms with Gasteiger partial charge in [-0.3, -0.25) is 4.79 Å².